The largest absolute Gasteiger partial charge is 0.465 e. The van der Waals surface area contributed by atoms with Crippen LogP contribution in [0.15, 0.2) is 0 Å². The van der Waals surface area contributed by atoms with E-state index in [0.29, 0.717) is 13.2 Å². The van der Waals surface area contributed by atoms with Crippen LogP contribution >= 0.6 is 25.3 Å². The monoisotopic (exact) mass is 406 g/mol. The van der Waals surface area contributed by atoms with Gasteiger partial charge in [0.25, 0.3) is 0 Å². The quantitative estimate of drug-likeness (QED) is 0.193. The van der Waals surface area contributed by atoms with E-state index in [1.54, 1.807) is 0 Å². The highest BCUT2D eigenvalue weighted by atomic mass is 32.1. The smallest absolute Gasteiger partial charge is 0.320 e. The molecule has 0 aliphatic carbocycles. The first kappa shape index (κ1) is 25.6. The molecule has 0 heterocycles. The minimum Gasteiger partial charge on any atom is -0.465 e. The van der Waals surface area contributed by atoms with Crippen molar-refractivity contribution in [1.82, 2.24) is 0 Å². The van der Waals surface area contributed by atoms with Crippen LogP contribution in [0.1, 0.15) is 90.9 Å². The highest BCUT2D eigenvalue weighted by molar-refractivity contribution is 7.86. The van der Waals surface area contributed by atoms with Gasteiger partial charge in [0.1, 0.15) is 10.5 Å². The fourth-order valence-corrected chi connectivity index (χ4v) is 2.93. The maximum Gasteiger partial charge on any atom is 0.320 e. The maximum absolute atomic E-state index is 11.9. The number of hydrogen-bond donors (Lipinski definition) is 2. The first-order chi connectivity index (χ1) is 12.5. The lowest BCUT2D eigenvalue weighted by Crippen LogP contribution is -2.34. The fraction of sp³-hybridized carbons (Fsp3) is 0.900. The molecule has 2 unspecified atom stereocenters. The van der Waals surface area contributed by atoms with Crippen molar-refractivity contribution < 1.29 is 19.1 Å². The Balaban J connectivity index is 3.78. The molecule has 0 spiro atoms. The molecule has 0 aromatic carbocycles. The van der Waals surface area contributed by atoms with Crippen LogP contribution in [0.3, 0.4) is 0 Å². The average Bonchev–Trinajstić information content (AvgIpc) is 2.64. The molecule has 6 heteroatoms. The lowest BCUT2D eigenvalue weighted by molar-refractivity contribution is -0.149. The lowest BCUT2D eigenvalue weighted by atomic mass is 10.1. The van der Waals surface area contributed by atoms with Gasteiger partial charge < -0.3 is 9.47 Å². The number of carbonyl (C=O) groups is 2. The Bertz CT molecular complexity index is 330. The van der Waals surface area contributed by atoms with Gasteiger partial charge in [-0.15, -0.1) is 0 Å². The maximum atomic E-state index is 11.9. The molecular formula is C20H38O4S2. The number of carbonyl (C=O) groups excluding carboxylic acids is 2. The zero-order valence-electron chi connectivity index (χ0n) is 16.6. The van der Waals surface area contributed by atoms with Gasteiger partial charge in [-0.2, -0.15) is 25.3 Å². The summed E-state index contributed by atoms with van der Waals surface area (Å²) in [6, 6.07) is 0. The lowest BCUT2D eigenvalue weighted by Gasteiger charge is -2.16. The minimum absolute atomic E-state index is 0.370. The fourth-order valence-electron chi connectivity index (χ4n) is 2.54. The van der Waals surface area contributed by atoms with E-state index in [4.69, 9.17) is 9.47 Å². The average molecular weight is 407 g/mol. The van der Waals surface area contributed by atoms with Crippen LogP contribution in [0.5, 0.6) is 0 Å². The standard InChI is InChI=1S/C20H38O4S2/c1-3-5-7-9-11-13-15-23-19(21)17(25)18(26)20(22)24-16-14-12-10-8-6-4-2/h17-18,25-26H,3-16H2,1-2H3. The molecule has 0 saturated heterocycles. The predicted molar refractivity (Wildman–Crippen MR) is 114 cm³/mol. The van der Waals surface area contributed by atoms with Crippen molar-refractivity contribution in [2.75, 3.05) is 13.2 Å². The Labute approximate surface area is 171 Å². The van der Waals surface area contributed by atoms with Crippen LogP contribution in [-0.4, -0.2) is 35.7 Å². The molecule has 0 fully saturated rings. The molecule has 0 amide bonds. The summed E-state index contributed by atoms with van der Waals surface area (Å²) in [6.07, 6.45) is 13.5. The van der Waals surface area contributed by atoms with E-state index in [9.17, 15) is 9.59 Å². The zero-order valence-corrected chi connectivity index (χ0v) is 18.4. The van der Waals surface area contributed by atoms with E-state index >= 15 is 0 Å². The van der Waals surface area contributed by atoms with Gasteiger partial charge in [0, 0.05) is 0 Å². The SMILES string of the molecule is CCCCCCCCOC(=O)C(S)C(S)C(=O)OCCCCCCCC. The summed E-state index contributed by atoms with van der Waals surface area (Å²) in [5.74, 6) is -1.00. The van der Waals surface area contributed by atoms with E-state index in [1.807, 2.05) is 0 Å². The van der Waals surface area contributed by atoms with Crippen LogP contribution in [0.25, 0.3) is 0 Å². The predicted octanol–water partition coefficient (Wildman–Crippen LogP) is 5.39. The van der Waals surface area contributed by atoms with Crippen molar-refractivity contribution in [1.29, 1.82) is 0 Å². The molecule has 0 saturated carbocycles. The number of esters is 2. The van der Waals surface area contributed by atoms with Crippen molar-refractivity contribution in [3.63, 3.8) is 0 Å². The molecule has 0 radical (unpaired) electrons. The second-order valence-corrected chi connectivity index (χ2v) is 7.87. The Kier molecular flexibility index (Phi) is 17.8. The molecular weight excluding hydrogens is 368 g/mol. The second-order valence-electron chi connectivity index (χ2n) is 6.76. The van der Waals surface area contributed by atoms with Gasteiger partial charge in [-0.25, -0.2) is 0 Å². The summed E-state index contributed by atoms with van der Waals surface area (Å²) in [6.45, 7) is 5.10. The normalized spacial score (nSPS) is 13.2. The summed E-state index contributed by atoms with van der Waals surface area (Å²) in [5.41, 5.74) is 0. The van der Waals surface area contributed by atoms with E-state index in [1.165, 1.54) is 38.5 Å². The molecule has 0 rings (SSSR count). The Morgan fingerprint density at radius 1 is 0.615 bits per heavy atom. The summed E-state index contributed by atoms with van der Waals surface area (Å²) in [5, 5.41) is -1.79. The summed E-state index contributed by atoms with van der Waals surface area (Å²) < 4.78 is 10.4. The van der Waals surface area contributed by atoms with Crippen molar-refractivity contribution in [3.8, 4) is 0 Å². The van der Waals surface area contributed by atoms with Gasteiger partial charge in [0.05, 0.1) is 13.2 Å². The first-order valence-electron chi connectivity index (χ1n) is 10.2. The Hall–Kier alpha value is -0.360. The molecule has 2 atom stereocenters. The van der Waals surface area contributed by atoms with Gasteiger partial charge in [0.15, 0.2) is 0 Å². The highest BCUT2D eigenvalue weighted by Gasteiger charge is 2.30. The molecule has 0 aliphatic rings. The molecule has 0 bridgehead atoms. The third kappa shape index (κ3) is 13.8. The van der Waals surface area contributed by atoms with E-state index in [2.05, 4.69) is 39.1 Å². The first-order valence-corrected chi connectivity index (χ1v) is 11.3. The number of unbranched alkanes of at least 4 members (excludes halogenated alkanes) is 10. The van der Waals surface area contributed by atoms with Gasteiger partial charge in [-0.3, -0.25) is 9.59 Å². The van der Waals surface area contributed by atoms with Crippen LogP contribution in [0.4, 0.5) is 0 Å². The Morgan fingerprint density at radius 3 is 1.27 bits per heavy atom. The van der Waals surface area contributed by atoms with Crippen LogP contribution in [-0.2, 0) is 19.1 Å². The van der Waals surface area contributed by atoms with E-state index in [0.717, 1.165) is 38.5 Å². The number of ether oxygens (including phenoxy) is 2. The molecule has 0 aliphatic heterocycles. The van der Waals surface area contributed by atoms with Crippen molar-refractivity contribution >= 4 is 37.2 Å². The molecule has 154 valence electrons. The third-order valence-electron chi connectivity index (χ3n) is 4.27. The van der Waals surface area contributed by atoms with Gasteiger partial charge in [-0.1, -0.05) is 78.1 Å². The van der Waals surface area contributed by atoms with Crippen molar-refractivity contribution in [2.24, 2.45) is 0 Å². The van der Waals surface area contributed by atoms with E-state index in [-0.39, 0.29) is 0 Å². The van der Waals surface area contributed by atoms with Crippen LogP contribution in [0.2, 0.25) is 0 Å². The third-order valence-corrected chi connectivity index (χ3v) is 5.52. The second kappa shape index (κ2) is 18.0. The molecule has 4 nitrogen and oxygen atoms in total. The summed E-state index contributed by atoms with van der Waals surface area (Å²) >= 11 is 8.36. The Morgan fingerprint density at radius 2 is 0.923 bits per heavy atom. The highest BCUT2D eigenvalue weighted by Crippen LogP contribution is 2.14. The van der Waals surface area contributed by atoms with Gasteiger partial charge >= 0.3 is 11.9 Å². The number of rotatable bonds is 17. The van der Waals surface area contributed by atoms with Crippen molar-refractivity contribution in [2.45, 2.75) is 101 Å². The molecule has 0 N–H and O–H groups in total. The van der Waals surface area contributed by atoms with Crippen LogP contribution in [0, 0.1) is 0 Å². The zero-order chi connectivity index (χ0) is 19.6. The van der Waals surface area contributed by atoms with Crippen LogP contribution < -0.4 is 0 Å². The molecule has 0 aromatic rings. The van der Waals surface area contributed by atoms with Gasteiger partial charge in [-0.05, 0) is 12.8 Å². The molecule has 26 heavy (non-hydrogen) atoms. The molecule has 0 aromatic heterocycles. The van der Waals surface area contributed by atoms with E-state index < -0.39 is 22.4 Å². The van der Waals surface area contributed by atoms with Gasteiger partial charge in [0.2, 0.25) is 0 Å². The number of hydrogen-bond acceptors (Lipinski definition) is 6. The summed E-state index contributed by atoms with van der Waals surface area (Å²) in [4.78, 5) is 23.9. The topological polar surface area (TPSA) is 52.6 Å². The van der Waals surface area contributed by atoms with Crippen molar-refractivity contribution in [3.05, 3.63) is 0 Å². The minimum atomic E-state index is -0.893. The summed E-state index contributed by atoms with van der Waals surface area (Å²) in [7, 11) is 0. The number of thiol groups is 2.